The lowest BCUT2D eigenvalue weighted by Gasteiger charge is -2.21. The van der Waals surface area contributed by atoms with Crippen molar-refractivity contribution in [3.63, 3.8) is 0 Å². The first-order valence-electron chi connectivity index (χ1n) is 7.30. The van der Waals surface area contributed by atoms with Crippen LogP contribution in [0, 0.1) is 11.6 Å². The van der Waals surface area contributed by atoms with Crippen molar-refractivity contribution in [2.45, 2.75) is 26.7 Å². The number of hydrogen-bond acceptors (Lipinski definition) is 5. The van der Waals surface area contributed by atoms with Gasteiger partial charge in [0.25, 0.3) is 0 Å². The largest absolute Gasteiger partial charge is 0.339 e. The molecule has 0 atom stereocenters. The molecule has 0 aliphatic heterocycles. The third-order valence-corrected chi connectivity index (χ3v) is 3.01. The lowest BCUT2D eigenvalue weighted by molar-refractivity contribution is 0.586. The highest BCUT2D eigenvalue weighted by Crippen LogP contribution is 2.20. The van der Waals surface area contributed by atoms with E-state index in [2.05, 4.69) is 34.3 Å². The molecule has 22 heavy (non-hydrogen) atoms. The molecule has 0 bridgehead atoms. The van der Waals surface area contributed by atoms with Gasteiger partial charge >= 0.3 is 0 Å². The number of hydrogen-bond donors (Lipinski definition) is 1. The third-order valence-electron chi connectivity index (χ3n) is 3.01. The van der Waals surface area contributed by atoms with E-state index in [0.29, 0.717) is 11.8 Å². The molecule has 118 valence electrons. The Morgan fingerprint density at radius 1 is 1.14 bits per heavy atom. The van der Waals surface area contributed by atoms with Crippen LogP contribution in [0.4, 0.5) is 26.2 Å². The van der Waals surface area contributed by atoms with Gasteiger partial charge in [-0.3, -0.25) is 0 Å². The smallest absolute Gasteiger partial charge is 0.247 e. The summed E-state index contributed by atoms with van der Waals surface area (Å²) in [5.41, 5.74) is 0.144. The molecule has 0 unspecified atom stereocenters. The molecule has 0 aliphatic carbocycles. The number of halogens is 2. The zero-order chi connectivity index (χ0) is 15.9. The fraction of sp³-hybridized carbons (Fsp3) is 0.400. The maximum absolute atomic E-state index is 13.7. The fourth-order valence-electron chi connectivity index (χ4n) is 2.07. The van der Waals surface area contributed by atoms with Crippen LogP contribution in [-0.2, 0) is 0 Å². The molecular weight excluding hydrogens is 288 g/mol. The van der Waals surface area contributed by atoms with Gasteiger partial charge in [0.2, 0.25) is 5.95 Å². The molecule has 0 aliphatic rings. The molecule has 5 nitrogen and oxygen atoms in total. The highest BCUT2D eigenvalue weighted by atomic mass is 19.1. The Balaban J connectivity index is 2.20. The molecule has 2 rings (SSSR count). The lowest BCUT2D eigenvalue weighted by Crippen LogP contribution is -2.27. The van der Waals surface area contributed by atoms with E-state index in [9.17, 15) is 8.78 Å². The second-order valence-electron chi connectivity index (χ2n) is 4.88. The standard InChI is InChI=1S/C15H19F2N5/c1-3-7-22(8-4-2)15-20-14(10-18-21-15)19-13-6-5-11(16)9-12(13)17/h5-6,9-10H,3-4,7-8H2,1-2H3,(H,19,20,21). The summed E-state index contributed by atoms with van der Waals surface area (Å²) in [6.07, 6.45) is 3.34. The first kappa shape index (κ1) is 16.1. The van der Waals surface area contributed by atoms with Gasteiger partial charge in [-0.1, -0.05) is 13.8 Å². The number of rotatable bonds is 7. The van der Waals surface area contributed by atoms with Gasteiger partial charge in [-0.25, -0.2) is 8.78 Å². The SMILES string of the molecule is CCCN(CCC)c1nncc(Nc2ccc(F)cc2F)n1. The van der Waals surface area contributed by atoms with E-state index in [0.717, 1.165) is 32.0 Å². The molecule has 1 aromatic heterocycles. The van der Waals surface area contributed by atoms with E-state index >= 15 is 0 Å². The van der Waals surface area contributed by atoms with E-state index in [4.69, 9.17) is 0 Å². The highest BCUT2D eigenvalue weighted by molar-refractivity contribution is 5.56. The van der Waals surface area contributed by atoms with Gasteiger partial charge in [0, 0.05) is 19.2 Å². The van der Waals surface area contributed by atoms with Gasteiger partial charge in [-0.05, 0) is 25.0 Å². The molecule has 1 N–H and O–H groups in total. The van der Waals surface area contributed by atoms with Gasteiger partial charge in [0.15, 0.2) is 5.82 Å². The van der Waals surface area contributed by atoms with Gasteiger partial charge < -0.3 is 10.2 Å². The van der Waals surface area contributed by atoms with Crippen LogP contribution in [0.15, 0.2) is 24.4 Å². The number of anilines is 3. The lowest BCUT2D eigenvalue weighted by atomic mass is 10.3. The molecular formula is C15H19F2N5. The second kappa shape index (κ2) is 7.63. The number of aromatic nitrogens is 3. The molecule has 7 heteroatoms. The molecule has 0 amide bonds. The van der Waals surface area contributed by atoms with Crippen LogP contribution in [0.1, 0.15) is 26.7 Å². The van der Waals surface area contributed by atoms with Crippen LogP contribution in [0.5, 0.6) is 0 Å². The van der Waals surface area contributed by atoms with E-state index in [1.807, 2.05) is 4.90 Å². The minimum Gasteiger partial charge on any atom is -0.339 e. The van der Waals surface area contributed by atoms with Crippen LogP contribution in [-0.4, -0.2) is 28.3 Å². The monoisotopic (exact) mass is 307 g/mol. The first-order chi connectivity index (χ1) is 10.6. The predicted molar refractivity (Wildman–Crippen MR) is 82.3 cm³/mol. The van der Waals surface area contributed by atoms with Crippen LogP contribution < -0.4 is 10.2 Å². The van der Waals surface area contributed by atoms with Crippen molar-refractivity contribution in [1.29, 1.82) is 0 Å². The van der Waals surface area contributed by atoms with Gasteiger partial charge in [-0.2, -0.15) is 10.1 Å². The summed E-state index contributed by atoms with van der Waals surface area (Å²) in [5, 5.41) is 10.7. The molecule has 0 saturated carbocycles. The summed E-state index contributed by atoms with van der Waals surface area (Å²) >= 11 is 0. The van der Waals surface area contributed by atoms with Crippen molar-refractivity contribution < 1.29 is 8.78 Å². The topological polar surface area (TPSA) is 53.9 Å². The van der Waals surface area contributed by atoms with E-state index in [-0.39, 0.29) is 5.69 Å². The summed E-state index contributed by atoms with van der Waals surface area (Å²) < 4.78 is 26.6. The minimum atomic E-state index is -0.681. The van der Waals surface area contributed by atoms with Gasteiger partial charge in [-0.15, -0.1) is 5.10 Å². The maximum atomic E-state index is 13.7. The Labute approximate surface area is 128 Å². The van der Waals surface area contributed by atoms with Crippen molar-refractivity contribution in [2.75, 3.05) is 23.3 Å². The summed E-state index contributed by atoms with van der Waals surface area (Å²) in [6.45, 7) is 5.80. The molecule has 0 fully saturated rings. The molecule has 2 aromatic rings. The summed E-state index contributed by atoms with van der Waals surface area (Å²) in [5.74, 6) is -0.440. The van der Waals surface area contributed by atoms with Crippen LogP contribution >= 0.6 is 0 Å². The maximum Gasteiger partial charge on any atom is 0.247 e. The van der Waals surface area contributed by atoms with Crippen molar-refractivity contribution in [3.05, 3.63) is 36.0 Å². The highest BCUT2D eigenvalue weighted by Gasteiger charge is 2.11. The van der Waals surface area contributed by atoms with Gasteiger partial charge in [0.1, 0.15) is 11.6 Å². The second-order valence-corrected chi connectivity index (χ2v) is 4.88. The fourth-order valence-corrected chi connectivity index (χ4v) is 2.07. The van der Waals surface area contributed by atoms with Gasteiger partial charge in [0.05, 0.1) is 11.9 Å². The Kier molecular flexibility index (Phi) is 5.57. The number of benzene rings is 1. The van der Waals surface area contributed by atoms with Crippen LogP contribution in [0.25, 0.3) is 0 Å². The summed E-state index contributed by atoms with van der Waals surface area (Å²) in [7, 11) is 0. The third kappa shape index (κ3) is 4.09. The zero-order valence-corrected chi connectivity index (χ0v) is 12.7. The summed E-state index contributed by atoms with van der Waals surface area (Å²) in [6, 6.07) is 3.32. The van der Waals surface area contributed by atoms with Crippen molar-refractivity contribution in [2.24, 2.45) is 0 Å². The first-order valence-corrected chi connectivity index (χ1v) is 7.30. The van der Waals surface area contributed by atoms with Crippen molar-refractivity contribution in [3.8, 4) is 0 Å². The number of nitrogens with zero attached hydrogens (tertiary/aromatic N) is 4. The average molecular weight is 307 g/mol. The Hall–Kier alpha value is -2.31. The summed E-state index contributed by atoms with van der Waals surface area (Å²) in [4.78, 5) is 6.38. The normalized spacial score (nSPS) is 10.5. The molecule has 1 heterocycles. The van der Waals surface area contributed by atoms with E-state index in [1.165, 1.54) is 18.3 Å². The molecule has 0 spiro atoms. The number of nitrogens with one attached hydrogen (secondary N) is 1. The van der Waals surface area contributed by atoms with Crippen molar-refractivity contribution >= 4 is 17.5 Å². The molecule has 0 saturated heterocycles. The van der Waals surface area contributed by atoms with E-state index in [1.54, 1.807) is 0 Å². The Morgan fingerprint density at radius 2 is 1.86 bits per heavy atom. The van der Waals surface area contributed by atoms with Crippen LogP contribution in [0.3, 0.4) is 0 Å². The Bertz CT molecular complexity index is 615. The molecule has 1 aromatic carbocycles. The predicted octanol–water partition coefficient (Wildman–Crippen LogP) is 3.52. The van der Waals surface area contributed by atoms with E-state index < -0.39 is 11.6 Å². The van der Waals surface area contributed by atoms with Crippen LogP contribution in [0.2, 0.25) is 0 Å². The van der Waals surface area contributed by atoms with Crippen molar-refractivity contribution in [1.82, 2.24) is 15.2 Å². The zero-order valence-electron chi connectivity index (χ0n) is 12.7. The molecule has 0 radical (unpaired) electrons. The quantitative estimate of drug-likeness (QED) is 0.848. The average Bonchev–Trinajstić information content (AvgIpc) is 2.50. The Morgan fingerprint density at radius 3 is 2.50 bits per heavy atom. The minimum absolute atomic E-state index is 0.144.